The van der Waals surface area contributed by atoms with E-state index in [4.69, 9.17) is 9.73 Å². The Morgan fingerprint density at radius 2 is 1.81 bits per heavy atom. The molecule has 1 saturated carbocycles. The summed E-state index contributed by atoms with van der Waals surface area (Å²) in [5.41, 5.74) is 2.21. The number of benzene rings is 2. The van der Waals surface area contributed by atoms with Crippen LogP contribution in [0.25, 0.3) is 0 Å². The SMILES string of the molecule is O=C(O)C1=CC2N=C(c3ccc(OCc4ccccc4)cc3)N(C3CCCCC3)C2S1. The van der Waals surface area contributed by atoms with Gasteiger partial charge in [0.15, 0.2) is 0 Å². The van der Waals surface area contributed by atoms with Crippen molar-refractivity contribution in [3.63, 3.8) is 0 Å². The van der Waals surface area contributed by atoms with Gasteiger partial charge >= 0.3 is 5.97 Å². The number of carboxylic acids is 1. The highest BCUT2D eigenvalue weighted by molar-refractivity contribution is 8.04. The van der Waals surface area contributed by atoms with E-state index in [1.807, 2.05) is 36.4 Å². The van der Waals surface area contributed by atoms with E-state index in [0.717, 1.165) is 35.6 Å². The number of rotatable bonds is 6. The number of amidine groups is 1. The number of aliphatic imine (C=N–C) groups is 1. The fraction of sp³-hybridized carbons (Fsp3) is 0.360. The van der Waals surface area contributed by atoms with Crippen LogP contribution < -0.4 is 4.74 Å². The predicted octanol–water partition coefficient (Wildman–Crippen LogP) is 5.07. The van der Waals surface area contributed by atoms with Crippen LogP contribution in [0.3, 0.4) is 0 Å². The summed E-state index contributed by atoms with van der Waals surface area (Å²) in [6.07, 6.45) is 7.83. The fourth-order valence-corrected chi connectivity index (χ4v) is 5.90. The molecule has 3 aliphatic rings. The van der Waals surface area contributed by atoms with Gasteiger partial charge in [0.1, 0.15) is 29.6 Å². The van der Waals surface area contributed by atoms with Gasteiger partial charge in [0.25, 0.3) is 0 Å². The van der Waals surface area contributed by atoms with Crippen molar-refractivity contribution in [1.82, 2.24) is 4.90 Å². The first-order valence-corrected chi connectivity index (χ1v) is 11.8. The maximum Gasteiger partial charge on any atom is 0.341 e. The maximum atomic E-state index is 11.5. The summed E-state index contributed by atoms with van der Waals surface area (Å²) in [6, 6.07) is 18.6. The van der Waals surface area contributed by atoms with Gasteiger partial charge in [-0.15, -0.1) is 0 Å². The van der Waals surface area contributed by atoms with Gasteiger partial charge in [0.2, 0.25) is 0 Å². The van der Waals surface area contributed by atoms with Crippen molar-refractivity contribution < 1.29 is 14.6 Å². The van der Waals surface area contributed by atoms with Crippen LogP contribution in [0.4, 0.5) is 0 Å². The third-order valence-electron chi connectivity index (χ3n) is 6.19. The molecule has 2 aliphatic heterocycles. The molecule has 2 unspecified atom stereocenters. The minimum absolute atomic E-state index is 0.0539. The molecule has 1 N–H and O–H groups in total. The summed E-state index contributed by atoms with van der Waals surface area (Å²) in [6.45, 7) is 0.541. The van der Waals surface area contributed by atoms with E-state index in [1.165, 1.54) is 31.0 Å². The molecule has 31 heavy (non-hydrogen) atoms. The van der Waals surface area contributed by atoms with Crippen LogP contribution in [-0.4, -0.2) is 39.3 Å². The van der Waals surface area contributed by atoms with Gasteiger partial charge in [-0.05, 0) is 48.7 Å². The van der Waals surface area contributed by atoms with E-state index in [-0.39, 0.29) is 11.4 Å². The molecule has 2 aromatic rings. The number of ether oxygens (including phenoxy) is 1. The zero-order valence-corrected chi connectivity index (χ0v) is 18.1. The average Bonchev–Trinajstić information content (AvgIpc) is 3.38. The topological polar surface area (TPSA) is 62.1 Å². The lowest BCUT2D eigenvalue weighted by molar-refractivity contribution is -0.131. The third kappa shape index (κ3) is 4.22. The molecule has 2 aromatic carbocycles. The van der Waals surface area contributed by atoms with Gasteiger partial charge in [0, 0.05) is 11.6 Å². The van der Waals surface area contributed by atoms with E-state index >= 15 is 0 Å². The van der Waals surface area contributed by atoms with Gasteiger partial charge in [-0.25, -0.2) is 4.79 Å². The average molecular weight is 435 g/mol. The molecule has 160 valence electrons. The zero-order chi connectivity index (χ0) is 21.2. The summed E-state index contributed by atoms with van der Waals surface area (Å²) in [4.78, 5) is 19.3. The number of fused-ring (bicyclic) bond motifs is 1. The molecular formula is C25H26N2O3S. The minimum atomic E-state index is -0.848. The third-order valence-corrected chi connectivity index (χ3v) is 7.50. The Morgan fingerprint density at radius 3 is 2.52 bits per heavy atom. The second-order valence-corrected chi connectivity index (χ2v) is 9.44. The highest BCUT2D eigenvalue weighted by Gasteiger charge is 2.45. The Kier molecular flexibility index (Phi) is 5.72. The first-order valence-electron chi connectivity index (χ1n) is 10.9. The lowest BCUT2D eigenvalue weighted by Crippen LogP contribution is -2.45. The molecule has 0 amide bonds. The highest BCUT2D eigenvalue weighted by atomic mass is 32.2. The van der Waals surface area contributed by atoms with E-state index < -0.39 is 5.97 Å². The van der Waals surface area contributed by atoms with Gasteiger partial charge in [-0.1, -0.05) is 61.4 Å². The summed E-state index contributed by atoms with van der Waals surface area (Å²) >= 11 is 1.45. The van der Waals surface area contributed by atoms with Crippen molar-refractivity contribution in [1.29, 1.82) is 0 Å². The van der Waals surface area contributed by atoms with Crippen molar-refractivity contribution in [3.8, 4) is 5.75 Å². The van der Waals surface area contributed by atoms with Gasteiger partial charge in [0.05, 0.1) is 4.91 Å². The second kappa shape index (κ2) is 8.79. The Labute approximate surface area is 186 Å². The molecule has 0 saturated heterocycles. The van der Waals surface area contributed by atoms with Gasteiger partial charge in [-0.2, -0.15) is 0 Å². The highest BCUT2D eigenvalue weighted by Crippen LogP contribution is 2.44. The Hall–Kier alpha value is -2.73. The smallest absolute Gasteiger partial charge is 0.341 e. The van der Waals surface area contributed by atoms with Crippen LogP contribution in [0.5, 0.6) is 5.75 Å². The number of hydrogen-bond acceptors (Lipinski definition) is 5. The van der Waals surface area contributed by atoms with E-state index in [2.05, 4.69) is 29.2 Å². The first kappa shape index (κ1) is 20.2. The van der Waals surface area contributed by atoms with Crippen LogP contribution in [0.1, 0.15) is 43.2 Å². The van der Waals surface area contributed by atoms with Crippen LogP contribution >= 0.6 is 11.8 Å². The zero-order valence-electron chi connectivity index (χ0n) is 17.3. The lowest BCUT2D eigenvalue weighted by Gasteiger charge is -2.37. The molecular weight excluding hydrogens is 408 g/mol. The van der Waals surface area contributed by atoms with Gasteiger partial charge < -0.3 is 14.7 Å². The Bertz CT molecular complexity index is 997. The summed E-state index contributed by atoms with van der Waals surface area (Å²) in [7, 11) is 0. The molecule has 5 nitrogen and oxygen atoms in total. The van der Waals surface area contributed by atoms with Crippen LogP contribution in [0.15, 0.2) is 70.6 Å². The van der Waals surface area contributed by atoms with Crippen molar-refractivity contribution in [2.45, 2.75) is 56.2 Å². The lowest BCUT2D eigenvalue weighted by atomic mass is 9.93. The molecule has 6 heteroatoms. The normalized spacial score (nSPS) is 23.3. The summed E-state index contributed by atoms with van der Waals surface area (Å²) < 4.78 is 5.94. The monoisotopic (exact) mass is 434 g/mol. The van der Waals surface area contributed by atoms with Crippen LogP contribution in [0, 0.1) is 0 Å². The molecule has 0 spiro atoms. The summed E-state index contributed by atoms with van der Waals surface area (Å²) in [5.74, 6) is 0.974. The predicted molar refractivity (Wildman–Crippen MR) is 123 cm³/mol. The molecule has 0 bridgehead atoms. The number of nitrogens with zero attached hydrogens (tertiary/aromatic N) is 2. The van der Waals surface area contributed by atoms with E-state index in [9.17, 15) is 9.90 Å². The molecule has 2 atom stereocenters. The number of aliphatic carboxylic acids is 1. The largest absolute Gasteiger partial charge is 0.489 e. The molecule has 1 aliphatic carbocycles. The molecule has 0 radical (unpaired) electrons. The number of thioether (sulfide) groups is 1. The van der Waals surface area contributed by atoms with Gasteiger partial charge in [-0.3, -0.25) is 4.99 Å². The quantitative estimate of drug-likeness (QED) is 0.688. The van der Waals surface area contributed by atoms with E-state index in [0.29, 0.717) is 17.6 Å². The van der Waals surface area contributed by atoms with Crippen molar-refractivity contribution in [2.75, 3.05) is 0 Å². The number of carboxylic acid groups (broad SMARTS) is 1. The number of carbonyl (C=O) groups is 1. The molecule has 5 rings (SSSR count). The molecule has 1 fully saturated rings. The maximum absolute atomic E-state index is 11.5. The first-order chi connectivity index (χ1) is 15.2. The van der Waals surface area contributed by atoms with Crippen LogP contribution in [-0.2, 0) is 11.4 Å². The molecule has 0 aromatic heterocycles. The Balaban J connectivity index is 1.36. The van der Waals surface area contributed by atoms with Crippen LogP contribution in [0.2, 0.25) is 0 Å². The minimum Gasteiger partial charge on any atom is -0.489 e. The van der Waals surface area contributed by atoms with Crippen molar-refractivity contribution in [2.24, 2.45) is 4.99 Å². The summed E-state index contributed by atoms with van der Waals surface area (Å²) in [5, 5.41) is 9.50. The van der Waals surface area contributed by atoms with Crippen molar-refractivity contribution in [3.05, 3.63) is 76.7 Å². The number of hydrogen-bond donors (Lipinski definition) is 1. The fourth-order valence-electron chi connectivity index (χ4n) is 4.65. The Morgan fingerprint density at radius 1 is 1.06 bits per heavy atom. The second-order valence-electron chi connectivity index (χ2n) is 8.29. The standard InChI is InChI=1S/C25H26N2O3S/c28-25(29)22-15-21-24(31-22)27(19-9-5-2-6-10-19)23(26-21)18-11-13-20(14-12-18)30-16-17-7-3-1-4-8-17/h1,3-4,7-8,11-15,19,21,24H,2,5-6,9-10,16H2,(H,28,29). The van der Waals surface area contributed by atoms with Crippen molar-refractivity contribution >= 4 is 23.6 Å². The molecule has 2 heterocycles. The van der Waals surface area contributed by atoms with E-state index in [1.54, 1.807) is 0 Å².